The summed E-state index contributed by atoms with van der Waals surface area (Å²) in [5.41, 5.74) is -0.347. The number of piperidine rings is 1. The van der Waals surface area contributed by atoms with E-state index in [4.69, 9.17) is 0 Å². The molecule has 0 spiro atoms. The molecule has 6 nitrogen and oxygen atoms in total. The Hall–Kier alpha value is -3.43. The molecule has 1 heterocycles. The summed E-state index contributed by atoms with van der Waals surface area (Å²) in [6, 6.07) is 8.78. The van der Waals surface area contributed by atoms with E-state index in [0.717, 1.165) is 37.1 Å². The molecule has 1 aliphatic carbocycles. The van der Waals surface area contributed by atoms with Gasteiger partial charge in [0, 0.05) is 36.3 Å². The van der Waals surface area contributed by atoms with Crippen LogP contribution in [0.3, 0.4) is 0 Å². The van der Waals surface area contributed by atoms with Gasteiger partial charge in [-0.3, -0.25) is 14.4 Å². The monoisotopic (exact) mass is 519 g/mol. The van der Waals surface area contributed by atoms with Gasteiger partial charge in [-0.15, -0.1) is 0 Å². The molecule has 2 fully saturated rings. The summed E-state index contributed by atoms with van der Waals surface area (Å²) in [5, 5.41) is 6.01. The SMILES string of the molecule is O=C(N[C@@H]1CCCCC1NC(=O)C1CCCN(C(=O)c2ccc(C(F)(F)F)cc2)C1)c1ccc(F)cc1. The number of nitrogens with zero attached hydrogens (tertiary/aromatic N) is 1. The lowest BCUT2D eigenvalue weighted by Crippen LogP contribution is -2.55. The van der Waals surface area contributed by atoms with Crippen molar-refractivity contribution in [2.24, 2.45) is 5.92 Å². The molecule has 198 valence electrons. The average molecular weight is 520 g/mol. The van der Waals surface area contributed by atoms with Crippen molar-refractivity contribution < 1.29 is 31.9 Å². The van der Waals surface area contributed by atoms with Crippen LogP contribution in [0.2, 0.25) is 0 Å². The maximum atomic E-state index is 13.2. The molecule has 2 aromatic carbocycles. The second-order valence-corrected chi connectivity index (χ2v) is 9.65. The largest absolute Gasteiger partial charge is 0.416 e. The van der Waals surface area contributed by atoms with Crippen LogP contribution in [0.5, 0.6) is 0 Å². The number of amides is 3. The second-order valence-electron chi connectivity index (χ2n) is 9.65. The zero-order valence-corrected chi connectivity index (χ0v) is 20.2. The molecule has 1 aliphatic heterocycles. The molecule has 0 bridgehead atoms. The highest BCUT2D eigenvalue weighted by Gasteiger charge is 2.34. The van der Waals surface area contributed by atoms with Gasteiger partial charge in [0.1, 0.15) is 5.82 Å². The zero-order valence-electron chi connectivity index (χ0n) is 20.2. The van der Waals surface area contributed by atoms with Crippen LogP contribution < -0.4 is 10.6 Å². The molecule has 0 radical (unpaired) electrons. The summed E-state index contributed by atoms with van der Waals surface area (Å²) in [5.74, 6) is -1.84. The van der Waals surface area contributed by atoms with Crippen molar-refractivity contribution in [2.75, 3.05) is 13.1 Å². The Morgan fingerprint density at radius 2 is 1.38 bits per heavy atom. The van der Waals surface area contributed by atoms with Gasteiger partial charge >= 0.3 is 6.18 Å². The van der Waals surface area contributed by atoms with Gasteiger partial charge in [-0.05, 0) is 74.2 Å². The minimum atomic E-state index is -4.48. The molecular formula is C27H29F4N3O3. The molecule has 2 N–H and O–H groups in total. The predicted molar refractivity (Wildman–Crippen MR) is 128 cm³/mol. The van der Waals surface area contributed by atoms with E-state index >= 15 is 0 Å². The smallest absolute Gasteiger partial charge is 0.351 e. The lowest BCUT2D eigenvalue weighted by Gasteiger charge is -2.36. The molecular weight excluding hydrogens is 490 g/mol. The molecule has 3 atom stereocenters. The number of alkyl halides is 3. The highest BCUT2D eigenvalue weighted by Crippen LogP contribution is 2.29. The van der Waals surface area contributed by atoms with Crippen LogP contribution in [-0.4, -0.2) is 47.8 Å². The number of carbonyl (C=O) groups excluding carboxylic acids is 3. The van der Waals surface area contributed by atoms with Crippen molar-refractivity contribution >= 4 is 17.7 Å². The summed E-state index contributed by atoms with van der Waals surface area (Å²) in [7, 11) is 0. The van der Waals surface area contributed by atoms with Crippen LogP contribution in [0.25, 0.3) is 0 Å². The van der Waals surface area contributed by atoms with Crippen LogP contribution in [0.15, 0.2) is 48.5 Å². The number of hydrogen-bond donors (Lipinski definition) is 2. The Kier molecular flexibility index (Phi) is 8.14. The molecule has 3 amide bonds. The summed E-state index contributed by atoms with van der Waals surface area (Å²) in [4.78, 5) is 40.2. The summed E-state index contributed by atoms with van der Waals surface area (Å²) < 4.78 is 51.7. The topological polar surface area (TPSA) is 78.5 Å². The first kappa shape index (κ1) is 26.6. The van der Waals surface area contributed by atoms with Gasteiger partial charge in [0.2, 0.25) is 5.91 Å². The number of likely N-dealkylation sites (tertiary alicyclic amines) is 1. The van der Waals surface area contributed by atoms with Crippen LogP contribution >= 0.6 is 0 Å². The molecule has 10 heteroatoms. The van der Waals surface area contributed by atoms with Crippen molar-refractivity contribution in [1.82, 2.24) is 15.5 Å². The highest BCUT2D eigenvalue weighted by molar-refractivity contribution is 5.95. The first-order valence-electron chi connectivity index (χ1n) is 12.4. The van der Waals surface area contributed by atoms with Gasteiger partial charge in [0.05, 0.1) is 11.5 Å². The van der Waals surface area contributed by atoms with Crippen molar-refractivity contribution in [3.8, 4) is 0 Å². The third-order valence-electron chi connectivity index (χ3n) is 7.06. The quantitative estimate of drug-likeness (QED) is 0.569. The first-order chi connectivity index (χ1) is 17.6. The van der Waals surface area contributed by atoms with E-state index in [9.17, 15) is 31.9 Å². The molecule has 1 saturated heterocycles. The Bertz CT molecular complexity index is 1120. The van der Waals surface area contributed by atoms with E-state index in [1.165, 1.54) is 29.2 Å². The zero-order chi connectivity index (χ0) is 26.6. The average Bonchev–Trinajstić information content (AvgIpc) is 2.89. The van der Waals surface area contributed by atoms with Crippen LogP contribution in [0.4, 0.5) is 17.6 Å². The minimum Gasteiger partial charge on any atom is -0.351 e. The van der Waals surface area contributed by atoms with Crippen LogP contribution in [-0.2, 0) is 11.0 Å². The van der Waals surface area contributed by atoms with Gasteiger partial charge < -0.3 is 15.5 Å². The molecule has 2 aromatic rings. The van der Waals surface area contributed by atoms with Crippen molar-refractivity contribution in [1.29, 1.82) is 0 Å². The number of hydrogen-bond acceptors (Lipinski definition) is 3. The van der Waals surface area contributed by atoms with Crippen LogP contribution in [0, 0.1) is 11.7 Å². The van der Waals surface area contributed by atoms with Crippen molar-refractivity contribution in [3.05, 3.63) is 71.0 Å². The maximum absolute atomic E-state index is 13.2. The third kappa shape index (κ3) is 6.67. The first-order valence-corrected chi connectivity index (χ1v) is 12.4. The van der Waals surface area contributed by atoms with Gasteiger partial charge in [0.15, 0.2) is 0 Å². The van der Waals surface area contributed by atoms with E-state index in [2.05, 4.69) is 10.6 Å². The molecule has 2 unspecified atom stereocenters. The number of nitrogens with one attached hydrogen (secondary N) is 2. The Balaban J connectivity index is 1.36. The number of carbonyl (C=O) groups is 3. The number of rotatable bonds is 5. The van der Waals surface area contributed by atoms with E-state index < -0.39 is 29.4 Å². The van der Waals surface area contributed by atoms with Gasteiger partial charge in [-0.2, -0.15) is 13.2 Å². The fourth-order valence-corrected chi connectivity index (χ4v) is 4.99. The summed E-state index contributed by atoms with van der Waals surface area (Å²) >= 11 is 0. The molecule has 1 saturated carbocycles. The molecule has 4 rings (SSSR count). The van der Waals surface area contributed by atoms with Gasteiger partial charge in [0.25, 0.3) is 11.8 Å². The summed E-state index contributed by atoms with van der Waals surface area (Å²) in [6.07, 6.45) is -0.105. The Morgan fingerprint density at radius 3 is 2.00 bits per heavy atom. The molecule has 37 heavy (non-hydrogen) atoms. The minimum absolute atomic E-state index is 0.143. The molecule has 2 aliphatic rings. The van der Waals surface area contributed by atoms with E-state index in [1.807, 2.05) is 0 Å². The Labute approximate surface area is 212 Å². The van der Waals surface area contributed by atoms with E-state index in [0.29, 0.717) is 37.8 Å². The maximum Gasteiger partial charge on any atom is 0.416 e. The highest BCUT2D eigenvalue weighted by atomic mass is 19.4. The third-order valence-corrected chi connectivity index (χ3v) is 7.06. The lowest BCUT2D eigenvalue weighted by molar-refractivity contribution is -0.137. The fourth-order valence-electron chi connectivity index (χ4n) is 4.99. The van der Waals surface area contributed by atoms with Crippen molar-refractivity contribution in [2.45, 2.75) is 56.8 Å². The van der Waals surface area contributed by atoms with Gasteiger partial charge in [-0.1, -0.05) is 12.8 Å². The standard InChI is InChI=1S/C27H29F4N3O3/c28-21-13-9-17(10-14-21)24(35)32-22-5-1-2-6-23(22)33-25(36)19-4-3-15-34(16-19)26(37)18-7-11-20(12-8-18)27(29,30)31/h7-14,19,22-23H,1-6,15-16H2,(H,32,35)(H,33,36)/t19?,22-,23?/m1/s1. The predicted octanol–water partition coefficient (Wildman–Crippen LogP) is 4.55. The molecule has 0 aromatic heterocycles. The fraction of sp³-hybridized carbons (Fsp3) is 0.444. The van der Waals surface area contributed by atoms with Gasteiger partial charge in [-0.25, -0.2) is 4.39 Å². The lowest BCUT2D eigenvalue weighted by atomic mass is 9.88. The van der Waals surface area contributed by atoms with Crippen molar-refractivity contribution in [3.63, 3.8) is 0 Å². The normalized spacial score (nSPS) is 22.3. The Morgan fingerprint density at radius 1 is 0.784 bits per heavy atom. The van der Waals surface area contributed by atoms with E-state index in [-0.39, 0.29) is 36.0 Å². The second kappa shape index (κ2) is 11.3. The number of halogens is 4. The summed E-state index contributed by atoms with van der Waals surface area (Å²) in [6.45, 7) is 0.592. The van der Waals surface area contributed by atoms with E-state index in [1.54, 1.807) is 0 Å². The number of benzene rings is 2. The van der Waals surface area contributed by atoms with Crippen LogP contribution in [0.1, 0.15) is 64.8 Å².